The molecule has 0 aliphatic carbocycles. The highest BCUT2D eigenvalue weighted by Crippen LogP contribution is 2.26. The second kappa shape index (κ2) is 5.14. The third-order valence-electron chi connectivity index (χ3n) is 2.20. The van der Waals surface area contributed by atoms with Crippen LogP contribution in [0.1, 0.15) is 10.4 Å². The van der Waals surface area contributed by atoms with Crippen molar-refractivity contribution in [3.05, 3.63) is 59.7 Å². The minimum Gasteiger partial charge on any atom is -0.454 e. The number of carbonyl (C=O) groups is 1. The number of halogens is 3. The molecule has 0 bridgehead atoms. The van der Waals surface area contributed by atoms with Gasteiger partial charge in [-0.1, -0.05) is 0 Å². The van der Waals surface area contributed by atoms with Gasteiger partial charge in [0.15, 0.2) is 11.6 Å². The molecule has 0 N–H and O–H groups in total. The summed E-state index contributed by atoms with van der Waals surface area (Å²) in [5, 5.41) is -0.709. The Kier molecular flexibility index (Phi) is 3.58. The minimum atomic E-state index is -0.709. The van der Waals surface area contributed by atoms with Gasteiger partial charge in [-0.05, 0) is 54.1 Å². The van der Waals surface area contributed by atoms with E-state index in [-0.39, 0.29) is 17.1 Å². The van der Waals surface area contributed by atoms with Gasteiger partial charge in [0.25, 0.3) is 5.24 Å². The molecule has 0 spiro atoms. The van der Waals surface area contributed by atoms with Crippen molar-refractivity contribution < 1.29 is 18.3 Å². The average Bonchev–Trinajstić information content (AvgIpc) is 2.34. The molecule has 0 aliphatic heterocycles. The topological polar surface area (TPSA) is 26.3 Å². The van der Waals surface area contributed by atoms with E-state index in [1.807, 2.05) is 0 Å². The molecule has 0 fully saturated rings. The lowest BCUT2D eigenvalue weighted by Crippen LogP contribution is -1.93. The van der Waals surface area contributed by atoms with Gasteiger partial charge in [0.1, 0.15) is 11.6 Å². The number of hydrogen-bond acceptors (Lipinski definition) is 2. The molecule has 0 aliphatic rings. The van der Waals surface area contributed by atoms with E-state index in [1.54, 1.807) is 0 Å². The third-order valence-corrected chi connectivity index (χ3v) is 2.42. The van der Waals surface area contributed by atoms with E-state index in [4.69, 9.17) is 16.3 Å². The van der Waals surface area contributed by atoms with E-state index in [1.165, 1.54) is 36.4 Å². The molecule has 2 nitrogen and oxygen atoms in total. The maximum atomic E-state index is 13.4. The molecule has 2 aromatic rings. The molecule has 0 atom stereocenters. The summed E-state index contributed by atoms with van der Waals surface area (Å²) in [6.45, 7) is 0. The predicted octanol–water partition coefficient (Wildman–Crippen LogP) is 4.14. The Morgan fingerprint density at radius 3 is 2.33 bits per heavy atom. The third kappa shape index (κ3) is 2.84. The van der Waals surface area contributed by atoms with E-state index >= 15 is 0 Å². The van der Waals surface area contributed by atoms with Gasteiger partial charge in [-0.2, -0.15) is 0 Å². The van der Waals surface area contributed by atoms with Crippen LogP contribution in [0.4, 0.5) is 8.78 Å². The summed E-state index contributed by atoms with van der Waals surface area (Å²) in [7, 11) is 0. The fourth-order valence-electron chi connectivity index (χ4n) is 1.33. The average molecular weight is 269 g/mol. The van der Waals surface area contributed by atoms with Crippen LogP contribution in [-0.4, -0.2) is 5.24 Å². The van der Waals surface area contributed by atoms with Gasteiger partial charge in [0.05, 0.1) is 0 Å². The Morgan fingerprint density at radius 2 is 1.72 bits per heavy atom. The normalized spacial score (nSPS) is 10.2. The zero-order valence-corrected chi connectivity index (χ0v) is 9.75. The second-order valence-corrected chi connectivity index (χ2v) is 3.82. The number of rotatable bonds is 3. The fraction of sp³-hybridized carbons (Fsp3) is 0. The van der Waals surface area contributed by atoms with Gasteiger partial charge in [0, 0.05) is 5.56 Å². The van der Waals surface area contributed by atoms with Gasteiger partial charge < -0.3 is 4.74 Å². The quantitative estimate of drug-likeness (QED) is 0.782. The lowest BCUT2D eigenvalue weighted by Gasteiger charge is -2.07. The maximum absolute atomic E-state index is 13.4. The number of ether oxygens (including phenoxy) is 1. The smallest absolute Gasteiger partial charge is 0.252 e. The van der Waals surface area contributed by atoms with Crippen molar-refractivity contribution in [2.45, 2.75) is 0 Å². The molecule has 2 rings (SSSR count). The first-order valence-electron chi connectivity index (χ1n) is 4.99. The molecule has 0 amide bonds. The van der Waals surface area contributed by atoms with E-state index in [2.05, 4.69) is 0 Å². The number of carbonyl (C=O) groups excluding carboxylic acids is 1. The molecular formula is C13H7ClF2O2. The summed E-state index contributed by atoms with van der Waals surface area (Å²) in [6, 6.07) is 8.59. The van der Waals surface area contributed by atoms with E-state index in [9.17, 15) is 13.6 Å². The van der Waals surface area contributed by atoms with Crippen LogP contribution in [0.15, 0.2) is 42.5 Å². The maximum Gasteiger partial charge on any atom is 0.252 e. The minimum absolute atomic E-state index is 0.121. The number of benzene rings is 2. The van der Waals surface area contributed by atoms with Crippen LogP contribution in [0.3, 0.4) is 0 Å². The first kappa shape index (κ1) is 12.5. The lowest BCUT2D eigenvalue weighted by atomic mass is 10.2. The highest BCUT2D eigenvalue weighted by Gasteiger charge is 2.09. The highest BCUT2D eigenvalue weighted by atomic mass is 35.5. The van der Waals surface area contributed by atoms with Crippen LogP contribution < -0.4 is 4.74 Å². The standard InChI is InChI=1S/C13H7ClF2O2/c14-13(17)8-1-6-11(16)12(7-8)18-10-4-2-9(15)3-5-10/h1-7H. The Morgan fingerprint density at radius 1 is 1.06 bits per heavy atom. The van der Waals surface area contributed by atoms with Crippen LogP contribution in [-0.2, 0) is 0 Å². The summed E-state index contributed by atoms with van der Waals surface area (Å²) in [5.41, 5.74) is 0.121. The predicted molar refractivity (Wildman–Crippen MR) is 63.1 cm³/mol. The molecule has 0 heterocycles. The van der Waals surface area contributed by atoms with Crippen molar-refractivity contribution in [3.63, 3.8) is 0 Å². The SMILES string of the molecule is O=C(Cl)c1ccc(F)c(Oc2ccc(F)cc2)c1. The van der Waals surface area contributed by atoms with E-state index < -0.39 is 16.9 Å². The van der Waals surface area contributed by atoms with Crippen LogP contribution in [0, 0.1) is 11.6 Å². The fourth-order valence-corrected chi connectivity index (χ4v) is 1.45. The van der Waals surface area contributed by atoms with Crippen LogP contribution in [0.2, 0.25) is 0 Å². The largest absolute Gasteiger partial charge is 0.454 e. The Bertz CT molecular complexity index is 582. The lowest BCUT2D eigenvalue weighted by molar-refractivity contribution is 0.108. The molecule has 0 unspecified atom stereocenters. The molecule has 92 valence electrons. The van der Waals surface area contributed by atoms with Crippen molar-refractivity contribution in [1.29, 1.82) is 0 Å². The van der Waals surface area contributed by atoms with Crippen LogP contribution >= 0.6 is 11.6 Å². The summed E-state index contributed by atoms with van der Waals surface area (Å²) >= 11 is 5.28. The van der Waals surface area contributed by atoms with Crippen molar-refractivity contribution in [3.8, 4) is 11.5 Å². The molecule has 5 heteroatoms. The Hall–Kier alpha value is -1.94. The molecular weight excluding hydrogens is 262 g/mol. The van der Waals surface area contributed by atoms with Crippen molar-refractivity contribution >= 4 is 16.8 Å². The molecule has 0 aromatic heterocycles. The molecule has 0 saturated heterocycles. The van der Waals surface area contributed by atoms with Gasteiger partial charge in [-0.15, -0.1) is 0 Å². The first-order valence-corrected chi connectivity index (χ1v) is 5.37. The van der Waals surface area contributed by atoms with Gasteiger partial charge in [-0.25, -0.2) is 8.78 Å². The van der Waals surface area contributed by atoms with Crippen LogP contribution in [0.25, 0.3) is 0 Å². The van der Waals surface area contributed by atoms with Crippen LogP contribution in [0.5, 0.6) is 11.5 Å². The summed E-state index contributed by atoms with van der Waals surface area (Å²) in [4.78, 5) is 10.9. The van der Waals surface area contributed by atoms with Crippen molar-refractivity contribution in [1.82, 2.24) is 0 Å². The number of hydrogen-bond donors (Lipinski definition) is 0. The summed E-state index contributed by atoms with van der Waals surface area (Å²) < 4.78 is 31.3. The Labute approximate surface area is 107 Å². The zero-order valence-electron chi connectivity index (χ0n) is 8.99. The van der Waals surface area contributed by atoms with Gasteiger partial charge in [0.2, 0.25) is 0 Å². The molecule has 0 saturated carbocycles. The molecule has 2 aromatic carbocycles. The zero-order chi connectivity index (χ0) is 13.1. The van der Waals surface area contributed by atoms with E-state index in [0.29, 0.717) is 0 Å². The molecule has 18 heavy (non-hydrogen) atoms. The summed E-state index contributed by atoms with van der Waals surface area (Å²) in [6.07, 6.45) is 0. The second-order valence-electron chi connectivity index (χ2n) is 3.47. The van der Waals surface area contributed by atoms with Gasteiger partial charge in [-0.3, -0.25) is 4.79 Å². The highest BCUT2D eigenvalue weighted by molar-refractivity contribution is 6.67. The monoisotopic (exact) mass is 268 g/mol. The molecule has 0 radical (unpaired) electrons. The summed E-state index contributed by atoms with van der Waals surface area (Å²) in [5.74, 6) is -0.948. The van der Waals surface area contributed by atoms with Gasteiger partial charge >= 0.3 is 0 Å². The van der Waals surface area contributed by atoms with E-state index in [0.717, 1.165) is 6.07 Å². The Balaban J connectivity index is 2.30. The van der Waals surface area contributed by atoms with Crippen molar-refractivity contribution in [2.24, 2.45) is 0 Å². The van der Waals surface area contributed by atoms with Crippen molar-refractivity contribution in [2.75, 3.05) is 0 Å². The first-order chi connectivity index (χ1) is 8.56.